The molecular weight excluding hydrogens is 452 g/mol. The minimum atomic E-state index is -0.544. The number of ether oxygens (including phenoxy) is 1. The summed E-state index contributed by atoms with van der Waals surface area (Å²) in [5.74, 6) is -0.138. The number of benzene rings is 1. The first-order chi connectivity index (χ1) is 15.9. The van der Waals surface area contributed by atoms with E-state index >= 15 is 0 Å². The van der Waals surface area contributed by atoms with E-state index in [2.05, 4.69) is 20.6 Å². The van der Waals surface area contributed by atoms with Crippen molar-refractivity contribution in [1.82, 2.24) is 29.3 Å². The van der Waals surface area contributed by atoms with Crippen LogP contribution < -0.4 is 10.1 Å². The Labute approximate surface area is 192 Å². The molecule has 3 heterocycles. The highest BCUT2D eigenvalue weighted by Crippen LogP contribution is 2.28. The summed E-state index contributed by atoms with van der Waals surface area (Å²) in [6.07, 6.45) is 8.57. The van der Waals surface area contributed by atoms with Crippen molar-refractivity contribution in [1.29, 1.82) is 0 Å². The van der Waals surface area contributed by atoms with Gasteiger partial charge in [0.15, 0.2) is 12.4 Å². The summed E-state index contributed by atoms with van der Waals surface area (Å²) in [7, 11) is 0. The van der Waals surface area contributed by atoms with E-state index in [0.717, 1.165) is 12.1 Å². The van der Waals surface area contributed by atoms with Gasteiger partial charge in [0.25, 0.3) is 11.6 Å². The van der Waals surface area contributed by atoms with E-state index in [0.29, 0.717) is 12.2 Å². The standard InChI is InChI=1S/C20H19ClN8O4/c1-2-26-10-14(8-22-26)11-28-12-15(9-23-28)24-20(30)18-5-6-27(25-18)13-33-19-4-3-16(29(31)32)7-17(19)21/h3-10,12H,2,11,13H2,1H3,(H,24,30). The van der Waals surface area contributed by atoms with Gasteiger partial charge in [0.1, 0.15) is 5.75 Å². The average molecular weight is 471 g/mol. The molecule has 33 heavy (non-hydrogen) atoms. The van der Waals surface area contributed by atoms with Crippen LogP contribution >= 0.6 is 11.6 Å². The number of anilines is 1. The molecule has 12 nitrogen and oxygen atoms in total. The van der Waals surface area contributed by atoms with Crippen molar-refractivity contribution in [3.63, 3.8) is 0 Å². The van der Waals surface area contributed by atoms with E-state index in [9.17, 15) is 14.9 Å². The highest BCUT2D eigenvalue weighted by atomic mass is 35.5. The third-order valence-electron chi connectivity index (χ3n) is 4.60. The number of aryl methyl sites for hydroxylation is 1. The van der Waals surface area contributed by atoms with E-state index < -0.39 is 10.8 Å². The number of nitrogens with one attached hydrogen (secondary N) is 1. The van der Waals surface area contributed by atoms with E-state index in [-0.39, 0.29) is 28.9 Å². The third kappa shape index (κ3) is 5.36. The minimum Gasteiger partial charge on any atom is -0.470 e. The van der Waals surface area contributed by atoms with Crippen molar-refractivity contribution in [2.75, 3.05) is 5.32 Å². The summed E-state index contributed by atoms with van der Waals surface area (Å²) in [6, 6.07) is 5.44. The molecule has 4 rings (SSSR count). The number of amides is 1. The van der Waals surface area contributed by atoms with E-state index in [1.165, 1.54) is 22.9 Å². The molecule has 3 aromatic heterocycles. The number of carbonyl (C=O) groups excluding carboxylic acids is 1. The van der Waals surface area contributed by atoms with Gasteiger partial charge in [-0.1, -0.05) is 11.6 Å². The molecule has 1 N–H and O–H groups in total. The number of aromatic nitrogens is 6. The summed E-state index contributed by atoms with van der Waals surface area (Å²) in [5.41, 5.74) is 1.59. The van der Waals surface area contributed by atoms with Crippen LogP contribution in [-0.2, 0) is 19.8 Å². The second kappa shape index (κ2) is 9.53. The fraction of sp³-hybridized carbons (Fsp3) is 0.200. The van der Waals surface area contributed by atoms with Crippen molar-refractivity contribution in [3.05, 3.63) is 81.6 Å². The maximum absolute atomic E-state index is 12.5. The Bertz CT molecular complexity index is 1290. The monoisotopic (exact) mass is 470 g/mol. The van der Waals surface area contributed by atoms with Gasteiger partial charge in [0.05, 0.1) is 34.6 Å². The molecular formula is C20H19ClN8O4. The Hall–Kier alpha value is -4.19. The maximum Gasteiger partial charge on any atom is 0.276 e. The van der Waals surface area contributed by atoms with Gasteiger partial charge in [0.2, 0.25) is 0 Å². The van der Waals surface area contributed by atoms with Crippen molar-refractivity contribution in [2.24, 2.45) is 0 Å². The lowest BCUT2D eigenvalue weighted by Crippen LogP contribution is -2.14. The van der Waals surface area contributed by atoms with Gasteiger partial charge < -0.3 is 10.1 Å². The number of nitro groups is 1. The summed E-state index contributed by atoms with van der Waals surface area (Å²) < 4.78 is 10.5. The molecule has 0 aliphatic heterocycles. The maximum atomic E-state index is 12.5. The molecule has 1 amide bonds. The molecule has 0 spiro atoms. The molecule has 0 aliphatic carbocycles. The normalized spacial score (nSPS) is 10.8. The molecule has 0 saturated heterocycles. The first-order valence-corrected chi connectivity index (χ1v) is 10.2. The molecule has 4 aromatic rings. The minimum absolute atomic E-state index is 0.0335. The van der Waals surface area contributed by atoms with Gasteiger partial charge in [-0.05, 0) is 19.1 Å². The second-order valence-corrected chi connectivity index (χ2v) is 7.38. The van der Waals surface area contributed by atoms with E-state index in [1.807, 2.05) is 17.8 Å². The molecule has 0 unspecified atom stereocenters. The second-order valence-electron chi connectivity index (χ2n) is 6.97. The first kappa shape index (κ1) is 22.0. The first-order valence-electron chi connectivity index (χ1n) is 9.86. The van der Waals surface area contributed by atoms with Crippen molar-refractivity contribution in [3.8, 4) is 5.75 Å². The van der Waals surface area contributed by atoms with E-state index in [4.69, 9.17) is 16.3 Å². The van der Waals surface area contributed by atoms with Gasteiger partial charge in [-0.3, -0.25) is 24.3 Å². The van der Waals surface area contributed by atoms with Crippen LogP contribution in [0.1, 0.15) is 23.0 Å². The van der Waals surface area contributed by atoms with Crippen LogP contribution in [0.25, 0.3) is 0 Å². The Morgan fingerprint density at radius 2 is 2.00 bits per heavy atom. The van der Waals surface area contributed by atoms with Crippen LogP contribution in [0.15, 0.2) is 55.2 Å². The summed E-state index contributed by atoms with van der Waals surface area (Å²) >= 11 is 6.01. The van der Waals surface area contributed by atoms with Crippen LogP contribution in [0.5, 0.6) is 5.75 Å². The topological polar surface area (TPSA) is 135 Å². The van der Waals surface area contributed by atoms with Crippen molar-refractivity contribution < 1.29 is 14.5 Å². The fourth-order valence-electron chi connectivity index (χ4n) is 2.97. The Kier molecular flexibility index (Phi) is 6.36. The number of hydrogen-bond acceptors (Lipinski definition) is 7. The number of rotatable bonds is 9. The number of carbonyl (C=O) groups is 1. The van der Waals surface area contributed by atoms with Crippen LogP contribution in [-0.4, -0.2) is 40.2 Å². The number of nitro benzene ring substituents is 1. The molecule has 0 radical (unpaired) electrons. The summed E-state index contributed by atoms with van der Waals surface area (Å²) in [5, 5.41) is 26.3. The SMILES string of the molecule is CCn1cc(Cn2cc(NC(=O)c3ccn(COc4ccc([N+](=O)[O-])cc4Cl)n3)cn2)cn1. The van der Waals surface area contributed by atoms with Crippen LogP contribution in [0.3, 0.4) is 0 Å². The van der Waals surface area contributed by atoms with Gasteiger partial charge in [-0.25, -0.2) is 4.68 Å². The fourth-order valence-corrected chi connectivity index (χ4v) is 3.20. The average Bonchev–Trinajstić information content (AvgIpc) is 3.54. The predicted octanol–water partition coefficient (Wildman–Crippen LogP) is 3.19. The largest absolute Gasteiger partial charge is 0.470 e. The van der Waals surface area contributed by atoms with Gasteiger partial charge in [-0.15, -0.1) is 0 Å². The lowest BCUT2D eigenvalue weighted by Gasteiger charge is -2.07. The van der Waals surface area contributed by atoms with Crippen LogP contribution in [0, 0.1) is 10.1 Å². The third-order valence-corrected chi connectivity index (χ3v) is 4.89. The lowest BCUT2D eigenvalue weighted by atomic mass is 10.3. The molecule has 170 valence electrons. The summed E-state index contributed by atoms with van der Waals surface area (Å²) in [4.78, 5) is 22.7. The molecule has 0 atom stereocenters. The number of halogens is 1. The highest BCUT2D eigenvalue weighted by molar-refractivity contribution is 6.32. The van der Waals surface area contributed by atoms with E-state index in [1.54, 1.807) is 35.5 Å². The molecule has 0 aliphatic rings. The summed E-state index contributed by atoms with van der Waals surface area (Å²) in [6.45, 7) is 3.30. The Morgan fingerprint density at radius 3 is 2.73 bits per heavy atom. The zero-order valence-electron chi connectivity index (χ0n) is 17.5. The molecule has 0 fully saturated rings. The van der Waals surface area contributed by atoms with Crippen molar-refractivity contribution >= 4 is 28.9 Å². The zero-order chi connectivity index (χ0) is 23.4. The quantitative estimate of drug-likeness (QED) is 0.293. The smallest absolute Gasteiger partial charge is 0.276 e. The molecule has 0 saturated carbocycles. The van der Waals surface area contributed by atoms with Gasteiger partial charge in [0, 0.05) is 42.8 Å². The number of non-ortho nitro benzene ring substituents is 1. The lowest BCUT2D eigenvalue weighted by molar-refractivity contribution is -0.384. The Balaban J connectivity index is 1.32. The number of hydrogen-bond donors (Lipinski definition) is 1. The zero-order valence-corrected chi connectivity index (χ0v) is 18.2. The van der Waals surface area contributed by atoms with Gasteiger partial charge in [-0.2, -0.15) is 15.3 Å². The molecule has 1 aromatic carbocycles. The van der Waals surface area contributed by atoms with Crippen LogP contribution in [0.2, 0.25) is 5.02 Å². The van der Waals surface area contributed by atoms with Crippen molar-refractivity contribution in [2.45, 2.75) is 26.7 Å². The molecule has 13 heteroatoms. The molecule has 0 bridgehead atoms. The Morgan fingerprint density at radius 1 is 1.18 bits per heavy atom. The predicted molar refractivity (Wildman–Crippen MR) is 118 cm³/mol. The number of nitrogens with zero attached hydrogens (tertiary/aromatic N) is 7. The van der Waals surface area contributed by atoms with Gasteiger partial charge >= 0.3 is 0 Å². The highest BCUT2D eigenvalue weighted by Gasteiger charge is 2.13. The van der Waals surface area contributed by atoms with Crippen LogP contribution in [0.4, 0.5) is 11.4 Å².